The van der Waals surface area contributed by atoms with E-state index in [-0.39, 0.29) is 47.9 Å². The van der Waals surface area contributed by atoms with Crippen molar-refractivity contribution in [3.05, 3.63) is 82.7 Å². The Balaban J connectivity index is 0.798. The number of piperidine rings is 2. The third-order valence-electron chi connectivity index (χ3n) is 14.2. The Bertz CT molecular complexity index is 2740. The van der Waals surface area contributed by atoms with Crippen LogP contribution < -0.4 is 35.5 Å². The van der Waals surface area contributed by atoms with Crippen LogP contribution in [0.15, 0.2) is 54.6 Å². The van der Waals surface area contributed by atoms with E-state index in [0.717, 1.165) is 55.4 Å². The molecule has 1 aliphatic carbocycles. The molecule has 0 saturated carbocycles. The Kier molecular flexibility index (Phi) is 15.9. The summed E-state index contributed by atoms with van der Waals surface area (Å²) in [5.74, 6) is 1.89. The fourth-order valence-corrected chi connectivity index (χ4v) is 10.1. The first-order chi connectivity index (χ1) is 34.5. The average Bonchev–Trinajstić information content (AvgIpc) is 3.36. The van der Waals surface area contributed by atoms with Gasteiger partial charge in [0, 0.05) is 80.9 Å². The fraction of sp³-hybridized carbons (Fsp3) is 0.481. The molecular formula is C52H61F3N8O9. The molecule has 4 aliphatic rings. The SMILES string of the molecule is COc1cc2nc(C)nc(N[C@H](C)c3cc(OC(N)=O)cc(C(F)(F)F)c3)c2cc1C1=CCC(C(=O)N2CCC(CCOCC3CCN(C(=O)c4ccc(OC)c(N5CCC(=O)NC5=O)c4)CC3)CC2)CC1. The molecule has 17 nitrogen and oxygen atoms in total. The van der Waals surface area contributed by atoms with E-state index in [1.54, 1.807) is 39.2 Å². The minimum Gasteiger partial charge on any atom is -0.496 e. The van der Waals surface area contributed by atoms with E-state index in [1.165, 1.54) is 18.1 Å². The molecule has 6 amide bonds. The highest BCUT2D eigenvalue weighted by Crippen LogP contribution is 2.41. The number of likely N-dealkylation sites (tertiary alicyclic amines) is 2. The summed E-state index contributed by atoms with van der Waals surface area (Å²) in [5, 5.41) is 6.19. The van der Waals surface area contributed by atoms with Gasteiger partial charge in [0.15, 0.2) is 0 Å². The van der Waals surface area contributed by atoms with Crippen LogP contribution in [-0.2, 0) is 20.5 Å². The number of benzene rings is 3. The molecule has 8 rings (SSSR count). The number of allylic oxidation sites excluding steroid dienone is 2. The van der Waals surface area contributed by atoms with Crippen LogP contribution in [0.5, 0.6) is 17.2 Å². The van der Waals surface area contributed by atoms with Crippen LogP contribution in [0.2, 0.25) is 0 Å². The van der Waals surface area contributed by atoms with Gasteiger partial charge in [0.05, 0.1) is 37.0 Å². The lowest BCUT2D eigenvalue weighted by atomic mass is 9.84. The van der Waals surface area contributed by atoms with E-state index >= 15 is 0 Å². The Hall–Kier alpha value is -6.96. The lowest BCUT2D eigenvalue weighted by molar-refractivity contribution is -0.138. The van der Waals surface area contributed by atoms with Crippen LogP contribution in [0.25, 0.3) is 16.5 Å². The summed E-state index contributed by atoms with van der Waals surface area (Å²) in [6.07, 6.45) is 2.57. The van der Waals surface area contributed by atoms with Gasteiger partial charge in [-0.2, -0.15) is 13.2 Å². The zero-order valence-corrected chi connectivity index (χ0v) is 40.9. The van der Waals surface area contributed by atoms with Gasteiger partial charge in [0.2, 0.25) is 11.8 Å². The number of nitrogens with one attached hydrogen (secondary N) is 2. The number of hydrogen-bond donors (Lipinski definition) is 3. The van der Waals surface area contributed by atoms with Crippen molar-refractivity contribution in [1.82, 2.24) is 25.1 Å². The van der Waals surface area contributed by atoms with Gasteiger partial charge in [-0.3, -0.25) is 24.6 Å². The van der Waals surface area contributed by atoms with E-state index in [2.05, 4.69) is 26.7 Å². The van der Waals surface area contributed by atoms with Crippen molar-refractivity contribution in [3.63, 3.8) is 0 Å². The first-order valence-corrected chi connectivity index (χ1v) is 24.4. The summed E-state index contributed by atoms with van der Waals surface area (Å²) in [6, 6.07) is 10.5. The van der Waals surface area contributed by atoms with Crippen molar-refractivity contribution in [3.8, 4) is 17.2 Å². The second-order valence-corrected chi connectivity index (χ2v) is 19.0. The molecule has 3 aromatic carbocycles. The molecule has 4 aromatic rings. The van der Waals surface area contributed by atoms with E-state index in [4.69, 9.17) is 24.7 Å². The number of nitrogens with two attached hydrogens (primary N) is 1. The van der Waals surface area contributed by atoms with Crippen molar-refractivity contribution in [2.24, 2.45) is 23.5 Å². The highest BCUT2D eigenvalue weighted by Gasteiger charge is 2.34. The van der Waals surface area contributed by atoms with E-state index in [9.17, 15) is 37.1 Å². The molecule has 4 N–H and O–H groups in total. The molecule has 384 valence electrons. The Morgan fingerprint density at radius 2 is 1.60 bits per heavy atom. The topological polar surface area (TPSA) is 208 Å². The number of urea groups is 1. The number of rotatable bonds is 15. The predicted molar refractivity (Wildman–Crippen MR) is 262 cm³/mol. The number of alkyl halides is 3. The summed E-state index contributed by atoms with van der Waals surface area (Å²) in [6.45, 7) is 7.46. The van der Waals surface area contributed by atoms with Gasteiger partial charge in [0.25, 0.3) is 5.91 Å². The van der Waals surface area contributed by atoms with Crippen molar-refractivity contribution in [2.75, 3.05) is 70.4 Å². The van der Waals surface area contributed by atoms with E-state index in [0.29, 0.717) is 116 Å². The third-order valence-corrected chi connectivity index (χ3v) is 14.2. The van der Waals surface area contributed by atoms with Gasteiger partial charge in [-0.25, -0.2) is 19.6 Å². The standard InChI is InChI=1S/C52H61F3N8O9/c1-30(37-23-38(52(53,54)55)26-39(24-37)72-50(56)67)57-47-41-27-40(45(70-4)28-42(41)58-31(2)59-47)34-5-7-35(8-6-34)48(65)61-17-11-32(12-18-61)16-22-71-29-33-13-19-62(20-14-33)49(66)36-9-10-44(69-3)43(25-36)63-21-15-46(64)60-51(63)68/h5,9-10,23-28,30,32-33,35H,6-8,11-22,29H2,1-4H3,(H2,56,67)(H,57,58,59)(H,60,64,68)/t30-,35?/m1/s1. The second-order valence-electron chi connectivity index (χ2n) is 19.0. The first kappa shape index (κ1) is 51.4. The summed E-state index contributed by atoms with van der Waals surface area (Å²) < 4.78 is 63.8. The van der Waals surface area contributed by atoms with Crippen molar-refractivity contribution in [1.29, 1.82) is 0 Å². The van der Waals surface area contributed by atoms with Crippen LogP contribution >= 0.6 is 0 Å². The number of primary amides is 1. The lowest BCUT2D eigenvalue weighted by Gasteiger charge is -2.35. The van der Waals surface area contributed by atoms with Crippen LogP contribution in [0.3, 0.4) is 0 Å². The minimum atomic E-state index is -4.70. The highest BCUT2D eigenvalue weighted by molar-refractivity contribution is 6.07. The van der Waals surface area contributed by atoms with Gasteiger partial charge >= 0.3 is 18.3 Å². The van der Waals surface area contributed by atoms with Crippen LogP contribution in [0.4, 0.5) is 34.3 Å². The minimum absolute atomic E-state index is 0.119. The summed E-state index contributed by atoms with van der Waals surface area (Å²) >= 11 is 0. The van der Waals surface area contributed by atoms with Crippen LogP contribution in [-0.4, -0.2) is 110 Å². The number of halogens is 3. The molecule has 0 bridgehead atoms. The molecule has 20 heteroatoms. The number of anilines is 2. The summed E-state index contributed by atoms with van der Waals surface area (Å²) in [5.41, 5.74) is 7.60. The number of carbonyl (C=O) groups is 5. The van der Waals surface area contributed by atoms with Gasteiger partial charge in [-0.15, -0.1) is 0 Å². The quantitative estimate of drug-likeness (QED) is 0.0960. The number of carbonyl (C=O) groups excluding carboxylic acids is 5. The normalized spacial score (nSPS) is 18.6. The van der Waals surface area contributed by atoms with Gasteiger partial charge in [-0.1, -0.05) is 6.08 Å². The number of methoxy groups -OCH3 is 2. The van der Waals surface area contributed by atoms with Crippen LogP contribution in [0.1, 0.15) is 104 Å². The molecule has 1 unspecified atom stereocenters. The molecule has 0 spiro atoms. The van der Waals surface area contributed by atoms with Gasteiger partial charge < -0.3 is 39.8 Å². The largest absolute Gasteiger partial charge is 0.496 e. The maximum absolute atomic E-state index is 13.8. The number of fused-ring (bicyclic) bond motifs is 1. The molecule has 2 atom stereocenters. The number of aryl methyl sites for hydroxylation is 1. The molecule has 3 saturated heterocycles. The number of hydrogen-bond acceptors (Lipinski definition) is 12. The van der Waals surface area contributed by atoms with Crippen molar-refractivity contribution < 1.29 is 56.1 Å². The summed E-state index contributed by atoms with van der Waals surface area (Å²) in [7, 11) is 3.07. The molecule has 3 fully saturated rings. The maximum atomic E-state index is 13.8. The number of imide groups is 1. The first-order valence-electron chi connectivity index (χ1n) is 24.4. The third kappa shape index (κ3) is 12.0. The van der Waals surface area contributed by atoms with E-state index in [1.807, 2.05) is 21.9 Å². The Labute approximate surface area is 415 Å². The number of ether oxygens (including phenoxy) is 4. The smallest absolute Gasteiger partial charge is 0.416 e. The van der Waals surface area contributed by atoms with E-state index < -0.39 is 29.9 Å². The van der Waals surface area contributed by atoms with Crippen LogP contribution in [0, 0.1) is 24.7 Å². The maximum Gasteiger partial charge on any atom is 0.416 e. The number of aromatic nitrogens is 2. The number of nitrogens with zero attached hydrogens (tertiary/aromatic N) is 5. The summed E-state index contributed by atoms with van der Waals surface area (Å²) in [4.78, 5) is 77.5. The fourth-order valence-electron chi connectivity index (χ4n) is 10.1. The zero-order chi connectivity index (χ0) is 51.3. The highest BCUT2D eigenvalue weighted by atomic mass is 19.4. The Morgan fingerprint density at radius 1 is 0.875 bits per heavy atom. The monoisotopic (exact) mass is 998 g/mol. The lowest BCUT2D eigenvalue weighted by Crippen LogP contribution is -2.49. The van der Waals surface area contributed by atoms with Crippen molar-refractivity contribution >= 4 is 57.8 Å². The van der Waals surface area contributed by atoms with Gasteiger partial charge in [0.1, 0.15) is 28.9 Å². The molecule has 3 aliphatic heterocycles. The predicted octanol–water partition coefficient (Wildman–Crippen LogP) is 8.43. The average molecular weight is 999 g/mol. The molecule has 1 aromatic heterocycles. The molecule has 0 radical (unpaired) electrons. The second kappa shape index (κ2) is 22.2. The molecular weight excluding hydrogens is 938 g/mol. The molecule has 72 heavy (non-hydrogen) atoms. The Morgan fingerprint density at radius 3 is 2.26 bits per heavy atom. The zero-order valence-electron chi connectivity index (χ0n) is 40.9. The van der Waals surface area contributed by atoms with Gasteiger partial charge in [-0.05, 0) is 131 Å². The number of amides is 6. The van der Waals surface area contributed by atoms with Crippen molar-refractivity contribution in [2.45, 2.75) is 83.9 Å². The molecule has 4 heterocycles.